The number of pyridine rings is 1. The maximum absolute atomic E-state index is 10.4. The molecule has 32 heavy (non-hydrogen) atoms. The summed E-state index contributed by atoms with van der Waals surface area (Å²) in [6.07, 6.45) is 7.82. The number of aromatic nitrogens is 1. The summed E-state index contributed by atoms with van der Waals surface area (Å²) >= 11 is 0. The first-order valence-corrected chi connectivity index (χ1v) is 12.4. The second kappa shape index (κ2) is 13.6. The van der Waals surface area contributed by atoms with Gasteiger partial charge in [0.15, 0.2) is 0 Å². The average molecular weight is 440 g/mol. The highest BCUT2D eigenvalue weighted by Gasteiger charge is 2.22. The van der Waals surface area contributed by atoms with E-state index in [4.69, 9.17) is 9.72 Å². The standard InChI is InChI=1S/C27H41N3O2/c1-3-4-14-28-15-8-11-18-32-27-22(2)29-26(19-23-12-6-5-7-13-23)25(21-31)24(27)20-30-16-9-10-17-30/h5-7,12-13,28,31H,3-4,8-11,14-21H2,1-2H3. The normalized spacial score (nSPS) is 14.2. The molecule has 0 amide bonds. The molecule has 0 saturated carbocycles. The molecule has 5 heteroatoms. The van der Waals surface area contributed by atoms with Crippen molar-refractivity contribution in [3.63, 3.8) is 0 Å². The van der Waals surface area contributed by atoms with Crippen LogP contribution in [0.5, 0.6) is 5.75 Å². The monoisotopic (exact) mass is 439 g/mol. The van der Waals surface area contributed by atoms with Crippen LogP contribution in [-0.4, -0.2) is 47.8 Å². The highest BCUT2D eigenvalue weighted by molar-refractivity contribution is 5.46. The van der Waals surface area contributed by atoms with E-state index < -0.39 is 0 Å². The second-order valence-electron chi connectivity index (χ2n) is 8.89. The third kappa shape index (κ3) is 7.29. The van der Waals surface area contributed by atoms with Crippen molar-refractivity contribution in [2.24, 2.45) is 0 Å². The molecule has 0 radical (unpaired) electrons. The number of ether oxygens (including phenoxy) is 1. The van der Waals surface area contributed by atoms with Gasteiger partial charge < -0.3 is 15.2 Å². The lowest BCUT2D eigenvalue weighted by atomic mass is 9.99. The van der Waals surface area contributed by atoms with Crippen LogP contribution in [0.2, 0.25) is 0 Å². The lowest BCUT2D eigenvalue weighted by Crippen LogP contribution is -2.22. The first-order chi connectivity index (χ1) is 15.7. The number of aliphatic hydroxyl groups excluding tert-OH is 1. The molecule has 0 aliphatic carbocycles. The number of nitrogens with zero attached hydrogens (tertiary/aromatic N) is 2. The van der Waals surface area contributed by atoms with Crippen molar-refractivity contribution >= 4 is 0 Å². The Hall–Kier alpha value is -1.95. The predicted octanol–water partition coefficient (Wildman–Crippen LogP) is 4.62. The van der Waals surface area contributed by atoms with Crippen LogP contribution in [0.25, 0.3) is 0 Å². The van der Waals surface area contributed by atoms with Crippen molar-refractivity contribution in [1.29, 1.82) is 0 Å². The predicted molar refractivity (Wildman–Crippen MR) is 131 cm³/mol. The molecule has 1 aromatic carbocycles. The SMILES string of the molecule is CCCCNCCCCOc1c(C)nc(Cc2ccccc2)c(CO)c1CN1CCCC1. The van der Waals surface area contributed by atoms with E-state index in [1.165, 1.54) is 31.2 Å². The van der Waals surface area contributed by atoms with Crippen molar-refractivity contribution in [1.82, 2.24) is 15.2 Å². The van der Waals surface area contributed by atoms with Crippen LogP contribution in [-0.2, 0) is 19.6 Å². The number of hydrogen-bond donors (Lipinski definition) is 2. The summed E-state index contributed by atoms with van der Waals surface area (Å²) in [7, 11) is 0. The van der Waals surface area contributed by atoms with Gasteiger partial charge in [0.05, 0.1) is 24.6 Å². The van der Waals surface area contributed by atoms with Crippen LogP contribution in [0.4, 0.5) is 0 Å². The maximum Gasteiger partial charge on any atom is 0.145 e. The van der Waals surface area contributed by atoms with Crippen molar-refractivity contribution in [2.75, 3.05) is 32.8 Å². The maximum atomic E-state index is 10.4. The van der Waals surface area contributed by atoms with Crippen LogP contribution in [0.1, 0.15) is 73.5 Å². The molecule has 0 atom stereocenters. The third-order valence-corrected chi connectivity index (χ3v) is 6.27. The minimum absolute atomic E-state index is 0.00364. The van der Waals surface area contributed by atoms with Crippen LogP contribution < -0.4 is 10.1 Å². The summed E-state index contributed by atoms with van der Waals surface area (Å²) in [4.78, 5) is 7.38. The molecule has 1 saturated heterocycles. The Labute approximate surface area is 194 Å². The van der Waals surface area contributed by atoms with Gasteiger partial charge in [0, 0.05) is 24.1 Å². The fraction of sp³-hybridized carbons (Fsp3) is 0.593. The molecule has 1 fully saturated rings. The molecule has 1 aromatic heterocycles. The summed E-state index contributed by atoms with van der Waals surface area (Å²) < 4.78 is 6.33. The number of aryl methyl sites for hydroxylation is 1. The summed E-state index contributed by atoms with van der Waals surface area (Å²) in [6.45, 7) is 10.1. The lowest BCUT2D eigenvalue weighted by Gasteiger charge is -2.23. The molecular formula is C27H41N3O2. The number of nitrogens with one attached hydrogen (secondary N) is 1. The number of hydrogen-bond acceptors (Lipinski definition) is 5. The molecule has 2 aromatic rings. The van der Waals surface area contributed by atoms with Gasteiger partial charge in [-0.25, -0.2) is 0 Å². The van der Waals surface area contributed by atoms with Crippen LogP contribution in [0, 0.1) is 6.92 Å². The van der Waals surface area contributed by atoms with E-state index >= 15 is 0 Å². The van der Waals surface area contributed by atoms with Gasteiger partial charge >= 0.3 is 0 Å². The van der Waals surface area contributed by atoms with Crippen LogP contribution in [0.3, 0.4) is 0 Å². The number of unbranched alkanes of at least 4 members (excludes halogenated alkanes) is 2. The summed E-state index contributed by atoms with van der Waals surface area (Å²) in [5, 5.41) is 13.9. The van der Waals surface area contributed by atoms with Gasteiger partial charge in [0.2, 0.25) is 0 Å². The molecule has 176 valence electrons. The minimum Gasteiger partial charge on any atom is -0.491 e. The minimum atomic E-state index is -0.00364. The summed E-state index contributed by atoms with van der Waals surface area (Å²) in [6, 6.07) is 10.4. The third-order valence-electron chi connectivity index (χ3n) is 6.27. The molecule has 0 bridgehead atoms. The Morgan fingerprint density at radius 2 is 1.78 bits per heavy atom. The summed E-state index contributed by atoms with van der Waals surface area (Å²) in [5.74, 6) is 0.886. The van der Waals surface area contributed by atoms with Crippen molar-refractivity contribution in [3.05, 3.63) is 58.4 Å². The topological polar surface area (TPSA) is 57.6 Å². The largest absolute Gasteiger partial charge is 0.491 e. The number of benzene rings is 1. The highest BCUT2D eigenvalue weighted by atomic mass is 16.5. The van der Waals surface area contributed by atoms with E-state index in [1.54, 1.807) is 0 Å². The van der Waals surface area contributed by atoms with E-state index in [2.05, 4.69) is 41.4 Å². The molecule has 0 spiro atoms. The Bertz CT molecular complexity index is 804. The molecule has 5 nitrogen and oxygen atoms in total. The molecular weight excluding hydrogens is 398 g/mol. The van der Waals surface area contributed by atoms with E-state index in [1.807, 2.05) is 13.0 Å². The quantitative estimate of drug-likeness (QED) is 0.421. The molecule has 2 N–H and O–H groups in total. The van der Waals surface area contributed by atoms with Gasteiger partial charge in [-0.15, -0.1) is 0 Å². The van der Waals surface area contributed by atoms with E-state index in [-0.39, 0.29) is 6.61 Å². The van der Waals surface area contributed by atoms with E-state index in [0.717, 1.165) is 80.3 Å². The molecule has 2 heterocycles. The second-order valence-corrected chi connectivity index (χ2v) is 8.89. The Kier molecular flexibility index (Phi) is 10.5. The fourth-order valence-electron chi connectivity index (χ4n) is 4.45. The zero-order valence-corrected chi connectivity index (χ0v) is 20.0. The van der Waals surface area contributed by atoms with Gasteiger partial charge in [0.1, 0.15) is 5.75 Å². The molecule has 0 unspecified atom stereocenters. The smallest absolute Gasteiger partial charge is 0.145 e. The number of rotatable bonds is 14. The fourth-order valence-corrected chi connectivity index (χ4v) is 4.45. The number of aliphatic hydroxyl groups is 1. The highest BCUT2D eigenvalue weighted by Crippen LogP contribution is 2.31. The van der Waals surface area contributed by atoms with E-state index in [0.29, 0.717) is 6.61 Å². The summed E-state index contributed by atoms with van der Waals surface area (Å²) in [5.41, 5.74) is 5.20. The zero-order chi connectivity index (χ0) is 22.6. The first-order valence-electron chi connectivity index (χ1n) is 12.4. The van der Waals surface area contributed by atoms with Gasteiger partial charge in [-0.2, -0.15) is 0 Å². The van der Waals surface area contributed by atoms with Crippen molar-refractivity contribution in [3.8, 4) is 5.75 Å². The zero-order valence-electron chi connectivity index (χ0n) is 20.0. The van der Waals surface area contributed by atoms with Crippen LogP contribution >= 0.6 is 0 Å². The average Bonchev–Trinajstić information content (AvgIpc) is 3.31. The number of likely N-dealkylation sites (tertiary alicyclic amines) is 1. The first kappa shape index (κ1) is 24.7. The van der Waals surface area contributed by atoms with Crippen molar-refractivity contribution < 1.29 is 9.84 Å². The Morgan fingerprint density at radius 1 is 1.03 bits per heavy atom. The Balaban J connectivity index is 1.73. The van der Waals surface area contributed by atoms with Gasteiger partial charge in [-0.3, -0.25) is 9.88 Å². The lowest BCUT2D eigenvalue weighted by molar-refractivity contribution is 0.261. The van der Waals surface area contributed by atoms with Gasteiger partial charge in [-0.05, 0) is 70.8 Å². The molecule has 1 aliphatic heterocycles. The van der Waals surface area contributed by atoms with Gasteiger partial charge in [-0.1, -0.05) is 43.7 Å². The Morgan fingerprint density at radius 3 is 2.50 bits per heavy atom. The van der Waals surface area contributed by atoms with Crippen molar-refractivity contribution in [2.45, 2.75) is 71.9 Å². The van der Waals surface area contributed by atoms with E-state index in [9.17, 15) is 5.11 Å². The molecule has 1 aliphatic rings. The molecule has 3 rings (SSSR count). The van der Waals surface area contributed by atoms with Crippen LogP contribution in [0.15, 0.2) is 30.3 Å². The van der Waals surface area contributed by atoms with Gasteiger partial charge in [0.25, 0.3) is 0 Å².